The molecule has 4 heteroatoms. The van der Waals surface area contributed by atoms with Gasteiger partial charge in [-0.25, -0.2) is 8.42 Å². The van der Waals surface area contributed by atoms with E-state index in [2.05, 4.69) is 0 Å². The van der Waals surface area contributed by atoms with E-state index in [1.54, 1.807) is 0 Å². The highest BCUT2D eigenvalue weighted by Crippen LogP contribution is 2.64. The van der Waals surface area contributed by atoms with Crippen molar-refractivity contribution in [2.24, 2.45) is 16.7 Å². The van der Waals surface area contributed by atoms with Crippen LogP contribution in [0, 0.1) is 16.7 Å². The Balaban J connectivity index is 2.57. The van der Waals surface area contributed by atoms with Crippen LogP contribution in [0.3, 0.4) is 0 Å². The SMILES string of the molecule is CC1(C)[C@@H]2CC[C@@]1(C)C(=O)[C@H]2S(C)(=O)=O. The molecular weight excluding hydrogens is 212 g/mol. The van der Waals surface area contributed by atoms with Crippen LogP contribution in [0.25, 0.3) is 0 Å². The fraction of sp³-hybridized carbons (Fsp3) is 0.909. The summed E-state index contributed by atoms with van der Waals surface area (Å²) in [6.07, 6.45) is 2.90. The predicted octanol–water partition coefficient (Wildman–Crippen LogP) is 1.42. The molecule has 0 aromatic rings. The van der Waals surface area contributed by atoms with E-state index < -0.39 is 20.5 Å². The van der Waals surface area contributed by atoms with Gasteiger partial charge in [-0.05, 0) is 24.2 Å². The molecule has 0 amide bonds. The fourth-order valence-corrected chi connectivity index (χ4v) is 5.22. The topological polar surface area (TPSA) is 51.2 Å². The maximum absolute atomic E-state index is 12.2. The Bertz CT molecular complexity index is 421. The Morgan fingerprint density at radius 2 is 1.80 bits per heavy atom. The molecular formula is C11H18O3S. The summed E-state index contributed by atoms with van der Waals surface area (Å²) in [5, 5.41) is -0.744. The number of ketones is 1. The third-order valence-corrected chi connectivity index (χ3v) is 6.40. The van der Waals surface area contributed by atoms with Crippen molar-refractivity contribution in [1.29, 1.82) is 0 Å². The second kappa shape index (κ2) is 2.65. The number of rotatable bonds is 1. The second-order valence-electron chi connectivity index (χ2n) is 5.81. The zero-order valence-electron chi connectivity index (χ0n) is 9.70. The zero-order valence-corrected chi connectivity index (χ0v) is 10.5. The lowest BCUT2D eigenvalue weighted by atomic mass is 9.70. The first-order valence-electron chi connectivity index (χ1n) is 5.35. The number of hydrogen-bond acceptors (Lipinski definition) is 3. The molecule has 0 aliphatic heterocycles. The fourth-order valence-electron chi connectivity index (χ4n) is 3.50. The lowest BCUT2D eigenvalue weighted by molar-refractivity contribution is -0.127. The van der Waals surface area contributed by atoms with E-state index in [0.717, 1.165) is 12.8 Å². The summed E-state index contributed by atoms with van der Waals surface area (Å²) < 4.78 is 23.3. The van der Waals surface area contributed by atoms with Crippen LogP contribution >= 0.6 is 0 Å². The molecule has 2 aliphatic carbocycles. The van der Waals surface area contributed by atoms with Gasteiger partial charge in [0.15, 0.2) is 15.6 Å². The summed E-state index contributed by atoms with van der Waals surface area (Å²) >= 11 is 0. The Morgan fingerprint density at radius 3 is 2.07 bits per heavy atom. The maximum Gasteiger partial charge on any atom is 0.157 e. The van der Waals surface area contributed by atoms with E-state index in [9.17, 15) is 13.2 Å². The minimum Gasteiger partial charge on any atom is -0.298 e. The molecule has 0 aromatic carbocycles. The van der Waals surface area contributed by atoms with Crippen LogP contribution < -0.4 is 0 Å². The van der Waals surface area contributed by atoms with Crippen molar-refractivity contribution in [3.05, 3.63) is 0 Å². The van der Waals surface area contributed by atoms with Crippen LogP contribution in [0.4, 0.5) is 0 Å². The molecule has 3 nitrogen and oxygen atoms in total. The first kappa shape index (κ1) is 11.1. The smallest absolute Gasteiger partial charge is 0.157 e. The van der Waals surface area contributed by atoms with Crippen molar-refractivity contribution in [1.82, 2.24) is 0 Å². The summed E-state index contributed by atoms with van der Waals surface area (Å²) in [4.78, 5) is 12.2. The molecule has 2 rings (SSSR count). The van der Waals surface area contributed by atoms with Crippen LogP contribution in [0.5, 0.6) is 0 Å². The molecule has 2 bridgehead atoms. The van der Waals surface area contributed by atoms with Gasteiger partial charge in [-0.2, -0.15) is 0 Å². The minimum absolute atomic E-state index is 0.0185. The van der Waals surface area contributed by atoms with Gasteiger partial charge >= 0.3 is 0 Å². The van der Waals surface area contributed by atoms with Crippen molar-refractivity contribution in [2.45, 2.75) is 38.9 Å². The largest absolute Gasteiger partial charge is 0.298 e. The quantitative estimate of drug-likeness (QED) is 0.684. The van der Waals surface area contributed by atoms with Crippen LogP contribution in [-0.2, 0) is 14.6 Å². The molecule has 2 saturated carbocycles. The predicted molar refractivity (Wildman–Crippen MR) is 58.3 cm³/mol. The average Bonchev–Trinajstić information content (AvgIpc) is 2.33. The van der Waals surface area contributed by atoms with E-state index in [-0.39, 0.29) is 17.1 Å². The number of hydrogen-bond donors (Lipinski definition) is 0. The highest BCUT2D eigenvalue weighted by atomic mass is 32.2. The molecule has 0 saturated heterocycles. The van der Waals surface area contributed by atoms with Gasteiger partial charge in [0.2, 0.25) is 0 Å². The Kier molecular flexibility index (Phi) is 1.96. The number of sulfone groups is 1. The highest BCUT2D eigenvalue weighted by Gasteiger charge is 2.68. The summed E-state index contributed by atoms with van der Waals surface area (Å²) in [5.74, 6) is -0.0312. The Morgan fingerprint density at radius 1 is 1.27 bits per heavy atom. The average molecular weight is 230 g/mol. The molecule has 0 spiro atoms. The molecule has 3 atom stereocenters. The first-order valence-corrected chi connectivity index (χ1v) is 7.31. The molecule has 0 radical (unpaired) electrons. The van der Waals surface area contributed by atoms with E-state index in [0.29, 0.717) is 0 Å². The van der Waals surface area contributed by atoms with Gasteiger partial charge in [0.05, 0.1) is 0 Å². The van der Waals surface area contributed by atoms with Crippen molar-refractivity contribution in [2.75, 3.05) is 6.26 Å². The molecule has 15 heavy (non-hydrogen) atoms. The van der Waals surface area contributed by atoms with Crippen molar-refractivity contribution >= 4 is 15.6 Å². The van der Waals surface area contributed by atoms with Gasteiger partial charge in [0.25, 0.3) is 0 Å². The van der Waals surface area contributed by atoms with Gasteiger partial charge in [0.1, 0.15) is 5.25 Å². The second-order valence-corrected chi connectivity index (χ2v) is 7.98. The number of carbonyl (C=O) groups excluding carboxylic acids is 1. The monoisotopic (exact) mass is 230 g/mol. The lowest BCUT2D eigenvalue weighted by Crippen LogP contribution is -2.38. The molecule has 0 heterocycles. The molecule has 2 aliphatic rings. The normalized spacial score (nSPS) is 43.6. The van der Waals surface area contributed by atoms with Gasteiger partial charge in [-0.15, -0.1) is 0 Å². The Hall–Kier alpha value is -0.380. The minimum atomic E-state index is -3.24. The molecule has 2 fully saturated rings. The van der Waals surface area contributed by atoms with Gasteiger partial charge in [-0.3, -0.25) is 4.79 Å². The zero-order chi connectivity index (χ0) is 11.6. The van der Waals surface area contributed by atoms with Crippen molar-refractivity contribution in [3.8, 4) is 0 Å². The van der Waals surface area contributed by atoms with E-state index in [1.165, 1.54) is 6.26 Å². The van der Waals surface area contributed by atoms with E-state index in [1.807, 2.05) is 20.8 Å². The Labute approximate surface area is 91.2 Å². The maximum atomic E-state index is 12.2. The van der Waals surface area contributed by atoms with Crippen LogP contribution in [-0.4, -0.2) is 25.7 Å². The van der Waals surface area contributed by atoms with Gasteiger partial charge in [-0.1, -0.05) is 20.8 Å². The van der Waals surface area contributed by atoms with Crippen LogP contribution in [0.15, 0.2) is 0 Å². The number of fused-ring (bicyclic) bond motifs is 2. The summed E-state index contributed by atoms with van der Waals surface area (Å²) in [6.45, 7) is 6.00. The van der Waals surface area contributed by atoms with Gasteiger partial charge < -0.3 is 0 Å². The molecule has 0 unspecified atom stereocenters. The third kappa shape index (κ3) is 1.11. The summed E-state index contributed by atoms with van der Waals surface area (Å²) in [5.41, 5.74) is -0.594. The molecule has 0 N–H and O–H groups in total. The first-order chi connectivity index (χ1) is 6.62. The van der Waals surface area contributed by atoms with Crippen molar-refractivity contribution < 1.29 is 13.2 Å². The number of carbonyl (C=O) groups is 1. The highest BCUT2D eigenvalue weighted by molar-refractivity contribution is 7.92. The van der Waals surface area contributed by atoms with Crippen molar-refractivity contribution in [3.63, 3.8) is 0 Å². The van der Waals surface area contributed by atoms with Gasteiger partial charge in [0, 0.05) is 11.7 Å². The number of Topliss-reactive ketones (excluding diaryl/α,β-unsaturated/α-hetero) is 1. The lowest BCUT2D eigenvalue weighted by Gasteiger charge is -2.32. The van der Waals surface area contributed by atoms with Crippen LogP contribution in [0.1, 0.15) is 33.6 Å². The van der Waals surface area contributed by atoms with E-state index >= 15 is 0 Å². The van der Waals surface area contributed by atoms with Crippen LogP contribution in [0.2, 0.25) is 0 Å². The summed E-state index contributed by atoms with van der Waals surface area (Å²) in [7, 11) is -3.24. The molecule has 86 valence electrons. The standard InChI is InChI=1S/C11H18O3S/c1-10(2)7-5-6-11(10,3)9(12)8(7)15(4,13)14/h7-8H,5-6H2,1-4H3/t7-,8+,11+/m1/s1. The molecule has 0 aromatic heterocycles. The third-order valence-electron chi connectivity index (χ3n) is 4.93. The van der Waals surface area contributed by atoms with E-state index in [4.69, 9.17) is 0 Å². The summed E-state index contributed by atoms with van der Waals surface area (Å²) in [6, 6.07) is 0.